The molecule has 2 heterocycles. The Morgan fingerprint density at radius 2 is 2.17 bits per heavy atom. The Kier molecular flexibility index (Phi) is 3.63. The fourth-order valence-electron chi connectivity index (χ4n) is 2.65. The Bertz CT molecular complexity index is 747. The van der Waals surface area contributed by atoms with Crippen LogP contribution in [0.5, 0.6) is 5.75 Å². The van der Waals surface area contributed by atoms with Crippen molar-refractivity contribution in [2.45, 2.75) is 31.9 Å². The van der Waals surface area contributed by atoms with Gasteiger partial charge in [0.1, 0.15) is 23.0 Å². The van der Waals surface area contributed by atoms with E-state index in [0.29, 0.717) is 18.0 Å². The highest BCUT2D eigenvalue weighted by Crippen LogP contribution is 2.41. The lowest BCUT2D eigenvalue weighted by molar-refractivity contribution is 0.0689. The summed E-state index contributed by atoms with van der Waals surface area (Å²) < 4.78 is 19.3. The number of carbonyl (C=O) groups is 1. The van der Waals surface area contributed by atoms with E-state index in [1.807, 2.05) is 13.8 Å². The molecule has 3 rings (SSSR count). The molecule has 0 aliphatic carbocycles. The maximum atomic E-state index is 13.4. The molecule has 0 fully saturated rings. The molecule has 2 aromatic rings. The molecule has 23 heavy (non-hydrogen) atoms. The number of halogens is 1. The molecule has 1 aliphatic heterocycles. The minimum Gasteiger partial charge on any atom is -0.487 e. The number of aromatic nitrogens is 2. The second kappa shape index (κ2) is 5.49. The van der Waals surface area contributed by atoms with E-state index in [1.165, 1.54) is 24.5 Å². The molecule has 7 heteroatoms. The van der Waals surface area contributed by atoms with Crippen LogP contribution >= 0.6 is 0 Å². The predicted octanol–water partition coefficient (Wildman–Crippen LogP) is 3.03. The number of rotatable bonds is 3. The molecule has 2 N–H and O–H groups in total. The summed E-state index contributed by atoms with van der Waals surface area (Å²) in [5, 5.41) is 12.1. The zero-order chi connectivity index (χ0) is 16.6. The molecule has 6 nitrogen and oxygen atoms in total. The Morgan fingerprint density at radius 3 is 2.83 bits per heavy atom. The number of benzene rings is 1. The van der Waals surface area contributed by atoms with Gasteiger partial charge in [-0.3, -0.25) is 0 Å². The van der Waals surface area contributed by atoms with Crippen molar-refractivity contribution in [2.75, 3.05) is 5.32 Å². The van der Waals surface area contributed by atoms with Crippen LogP contribution in [0.25, 0.3) is 0 Å². The van der Waals surface area contributed by atoms with E-state index in [1.54, 1.807) is 6.07 Å². The third kappa shape index (κ3) is 3.23. The number of carboxylic acid groups (broad SMARTS) is 1. The quantitative estimate of drug-likeness (QED) is 0.905. The van der Waals surface area contributed by atoms with Gasteiger partial charge in [0, 0.05) is 18.1 Å². The average molecular weight is 317 g/mol. The van der Waals surface area contributed by atoms with Gasteiger partial charge in [-0.2, -0.15) is 0 Å². The number of hydrogen-bond acceptors (Lipinski definition) is 5. The summed E-state index contributed by atoms with van der Waals surface area (Å²) in [6.07, 6.45) is 3.21. The fraction of sp³-hybridized carbons (Fsp3) is 0.312. The molecule has 0 bridgehead atoms. The lowest BCUT2D eigenvalue weighted by Gasteiger charge is -2.38. The van der Waals surface area contributed by atoms with Gasteiger partial charge in [-0.25, -0.2) is 19.2 Å². The van der Waals surface area contributed by atoms with E-state index in [-0.39, 0.29) is 17.6 Å². The third-order valence-corrected chi connectivity index (χ3v) is 3.63. The van der Waals surface area contributed by atoms with Crippen molar-refractivity contribution in [1.29, 1.82) is 0 Å². The highest BCUT2D eigenvalue weighted by atomic mass is 19.1. The summed E-state index contributed by atoms with van der Waals surface area (Å²) in [4.78, 5) is 18.7. The summed E-state index contributed by atoms with van der Waals surface area (Å²) >= 11 is 0. The van der Waals surface area contributed by atoms with Crippen molar-refractivity contribution in [3.8, 4) is 5.75 Å². The number of anilines is 1. The molecule has 0 radical (unpaired) electrons. The van der Waals surface area contributed by atoms with Crippen LogP contribution in [0.1, 0.15) is 42.4 Å². The maximum absolute atomic E-state index is 13.4. The molecule has 120 valence electrons. The van der Waals surface area contributed by atoms with Crippen LogP contribution in [-0.4, -0.2) is 26.6 Å². The summed E-state index contributed by atoms with van der Waals surface area (Å²) in [6, 6.07) is 4.29. The smallest absolute Gasteiger partial charge is 0.356 e. The Morgan fingerprint density at radius 1 is 1.39 bits per heavy atom. The zero-order valence-electron chi connectivity index (χ0n) is 12.7. The van der Waals surface area contributed by atoms with E-state index in [2.05, 4.69) is 15.3 Å². The van der Waals surface area contributed by atoms with Crippen LogP contribution in [0, 0.1) is 5.82 Å². The predicted molar refractivity (Wildman–Crippen MR) is 81.1 cm³/mol. The van der Waals surface area contributed by atoms with Crippen LogP contribution in [0.2, 0.25) is 0 Å². The number of carboxylic acids is 1. The maximum Gasteiger partial charge on any atom is 0.356 e. The van der Waals surface area contributed by atoms with Crippen molar-refractivity contribution in [3.63, 3.8) is 0 Å². The SMILES string of the molecule is CC1(C)CC(Nc2cnc(C(=O)O)cn2)c2ccc(F)cc2O1. The van der Waals surface area contributed by atoms with Crippen molar-refractivity contribution in [1.82, 2.24) is 9.97 Å². The van der Waals surface area contributed by atoms with E-state index in [9.17, 15) is 9.18 Å². The van der Waals surface area contributed by atoms with Gasteiger partial charge < -0.3 is 15.2 Å². The molecule has 0 spiro atoms. The first-order valence-corrected chi connectivity index (χ1v) is 7.14. The summed E-state index contributed by atoms with van der Waals surface area (Å²) in [7, 11) is 0. The van der Waals surface area contributed by atoms with Gasteiger partial charge in [-0.1, -0.05) is 6.07 Å². The van der Waals surface area contributed by atoms with Gasteiger partial charge in [-0.15, -0.1) is 0 Å². The van der Waals surface area contributed by atoms with Crippen LogP contribution in [0.15, 0.2) is 30.6 Å². The van der Waals surface area contributed by atoms with E-state index in [0.717, 1.165) is 5.56 Å². The molecule has 0 saturated carbocycles. The molecular formula is C16H16FN3O3. The van der Waals surface area contributed by atoms with E-state index < -0.39 is 11.6 Å². The molecule has 1 aliphatic rings. The second-order valence-corrected chi connectivity index (χ2v) is 6.04. The molecule has 1 unspecified atom stereocenters. The zero-order valence-corrected chi connectivity index (χ0v) is 12.7. The van der Waals surface area contributed by atoms with Gasteiger partial charge in [-0.05, 0) is 19.9 Å². The van der Waals surface area contributed by atoms with Crippen molar-refractivity contribution < 1.29 is 19.0 Å². The molecule has 1 aromatic heterocycles. The first kappa shape index (κ1) is 15.2. The van der Waals surface area contributed by atoms with Crippen LogP contribution in [0.3, 0.4) is 0 Å². The molecular weight excluding hydrogens is 301 g/mol. The van der Waals surface area contributed by atoms with Gasteiger partial charge in [0.2, 0.25) is 0 Å². The summed E-state index contributed by atoms with van der Waals surface area (Å²) in [5.41, 5.74) is 0.243. The highest BCUT2D eigenvalue weighted by Gasteiger charge is 2.34. The van der Waals surface area contributed by atoms with Crippen molar-refractivity contribution in [2.24, 2.45) is 0 Å². The highest BCUT2D eigenvalue weighted by molar-refractivity contribution is 5.84. The largest absolute Gasteiger partial charge is 0.487 e. The molecule has 0 saturated heterocycles. The third-order valence-electron chi connectivity index (χ3n) is 3.63. The van der Waals surface area contributed by atoms with Gasteiger partial charge >= 0.3 is 5.97 Å². The Hall–Kier alpha value is -2.70. The number of ether oxygens (including phenoxy) is 1. The first-order chi connectivity index (χ1) is 10.8. The van der Waals surface area contributed by atoms with E-state index >= 15 is 0 Å². The van der Waals surface area contributed by atoms with Gasteiger partial charge in [0.15, 0.2) is 5.69 Å². The second-order valence-electron chi connectivity index (χ2n) is 6.04. The lowest BCUT2D eigenvalue weighted by atomic mass is 9.89. The molecule has 1 aromatic carbocycles. The summed E-state index contributed by atoms with van der Waals surface area (Å²) in [6.45, 7) is 3.85. The number of aromatic carboxylic acids is 1. The standard InChI is InChI=1S/C16H16FN3O3/c1-16(2)6-11(10-4-3-9(17)5-13(10)23-16)20-14-8-18-12(7-19-14)15(21)22/h3-5,7-8,11H,6H2,1-2H3,(H,19,20)(H,21,22). The summed E-state index contributed by atoms with van der Waals surface area (Å²) in [5.74, 6) is -0.537. The number of nitrogens with one attached hydrogen (secondary N) is 1. The van der Waals surface area contributed by atoms with Crippen molar-refractivity contribution >= 4 is 11.8 Å². The minimum absolute atomic E-state index is 0.120. The van der Waals surface area contributed by atoms with Crippen LogP contribution in [0.4, 0.5) is 10.2 Å². The average Bonchev–Trinajstić information content (AvgIpc) is 2.46. The number of nitrogens with zero attached hydrogens (tertiary/aromatic N) is 2. The topological polar surface area (TPSA) is 84.3 Å². The fourth-order valence-corrected chi connectivity index (χ4v) is 2.65. The molecule has 1 atom stereocenters. The van der Waals surface area contributed by atoms with Crippen LogP contribution in [-0.2, 0) is 0 Å². The normalized spacial score (nSPS) is 18.7. The minimum atomic E-state index is -1.13. The van der Waals surface area contributed by atoms with Crippen LogP contribution < -0.4 is 10.1 Å². The first-order valence-electron chi connectivity index (χ1n) is 7.14. The number of fused-ring (bicyclic) bond motifs is 1. The van der Waals surface area contributed by atoms with Crippen molar-refractivity contribution in [3.05, 3.63) is 47.7 Å². The lowest BCUT2D eigenvalue weighted by Crippen LogP contribution is -2.37. The number of hydrogen-bond donors (Lipinski definition) is 2. The van der Waals surface area contributed by atoms with Gasteiger partial charge in [0.25, 0.3) is 0 Å². The monoisotopic (exact) mass is 317 g/mol. The molecule has 0 amide bonds. The Labute approximate surface area is 132 Å². The van der Waals surface area contributed by atoms with E-state index in [4.69, 9.17) is 9.84 Å². The Balaban J connectivity index is 1.89. The van der Waals surface area contributed by atoms with Gasteiger partial charge in [0.05, 0.1) is 18.4 Å².